The lowest BCUT2D eigenvalue weighted by atomic mass is 9.95. The van der Waals surface area contributed by atoms with Crippen LogP contribution in [0.3, 0.4) is 0 Å². The van der Waals surface area contributed by atoms with Crippen LogP contribution in [0.1, 0.15) is 51.5 Å². The van der Waals surface area contributed by atoms with Crippen LogP contribution in [0.25, 0.3) is 11.2 Å². The third kappa shape index (κ3) is 5.98. The summed E-state index contributed by atoms with van der Waals surface area (Å²) >= 11 is 6.13. The number of nitrogens with two attached hydrogens (primary N) is 1. The molecule has 228 valence electrons. The van der Waals surface area contributed by atoms with Gasteiger partial charge in [-0.3, -0.25) is 22.9 Å². The Balaban J connectivity index is 1.43. The van der Waals surface area contributed by atoms with Gasteiger partial charge in [0, 0.05) is 25.0 Å². The molecule has 0 saturated carbocycles. The first-order valence-corrected chi connectivity index (χ1v) is 15.3. The van der Waals surface area contributed by atoms with Gasteiger partial charge >= 0.3 is 13.8 Å². The Morgan fingerprint density at radius 3 is 2.83 bits per heavy atom. The molecule has 6 atom stereocenters. The standard InChI is InChI=1S/C26H33ClN5O9P/c1-5-19(33)40-21-18(13-38-42(34)37-11-10-17(41-42)15-8-7-9-16(27)12-15)39-24(26(21,3)35-4)32-14-29-20-22(32)30-25(28)31-23(20)36-6-2/h7-9,12,14,17-18,21,24H,5-6,10-11,13H2,1-4H3,(H2,28,30,31)/t17-,18+,21+,24+,26+,42+/m0/s1. The first kappa shape index (κ1) is 30.6. The summed E-state index contributed by atoms with van der Waals surface area (Å²) in [7, 11) is -2.57. The largest absolute Gasteiger partial charge is 0.476 e. The average Bonchev–Trinajstić information content (AvgIpc) is 3.50. The second kappa shape index (κ2) is 12.4. The van der Waals surface area contributed by atoms with Gasteiger partial charge in [-0.15, -0.1) is 0 Å². The lowest BCUT2D eigenvalue weighted by Crippen LogP contribution is -2.48. The molecule has 2 aliphatic heterocycles. The summed E-state index contributed by atoms with van der Waals surface area (Å²) in [5.74, 6) is -0.308. The summed E-state index contributed by atoms with van der Waals surface area (Å²) in [6.45, 7) is 5.35. The van der Waals surface area contributed by atoms with Crippen molar-refractivity contribution in [1.82, 2.24) is 19.5 Å². The smallest absolute Gasteiger partial charge is 0.475 e. The van der Waals surface area contributed by atoms with E-state index in [1.54, 1.807) is 36.6 Å². The maximum Gasteiger partial charge on any atom is 0.475 e. The molecule has 0 radical (unpaired) electrons. The van der Waals surface area contributed by atoms with Crippen LogP contribution >= 0.6 is 19.4 Å². The zero-order valence-corrected chi connectivity index (χ0v) is 25.2. The van der Waals surface area contributed by atoms with E-state index >= 15 is 0 Å². The number of benzene rings is 1. The van der Waals surface area contributed by atoms with Crippen molar-refractivity contribution in [1.29, 1.82) is 0 Å². The third-order valence-corrected chi connectivity index (χ3v) is 8.84. The summed E-state index contributed by atoms with van der Waals surface area (Å²) in [5.41, 5.74) is 6.10. The van der Waals surface area contributed by atoms with Crippen molar-refractivity contribution in [2.45, 2.75) is 63.8 Å². The van der Waals surface area contributed by atoms with Crippen molar-refractivity contribution in [2.75, 3.05) is 32.7 Å². The normalized spacial score (nSPS) is 29.5. The number of halogens is 1. The Hall–Kier alpha value is -2.84. The zero-order valence-electron chi connectivity index (χ0n) is 23.6. The van der Waals surface area contributed by atoms with Crippen molar-refractivity contribution in [3.8, 4) is 5.88 Å². The Bertz CT molecular complexity index is 1490. The molecule has 2 aliphatic rings. The van der Waals surface area contributed by atoms with Gasteiger partial charge in [0.25, 0.3) is 0 Å². The van der Waals surface area contributed by atoms with E-state index in [-0.39, 0.29) is 31.5 Å². The number of imidazole rings is 1. The molecule has 14 nitrogen and oxygen atoms in total. The van der Waals surface area contributed by atoms with Crippen LogP contribution in [0.2, 0.25) is 5.02 Å². The predicted molar refractivity (Wildman–Crippen MR) is 150 cm³/mol. The molecule has 2 aromatic heterocycles. The summed E-state index contributed by atoms with van der Waals surface area (Å²) < 4.78 is 55.9. The molecule has 4 heterocycles. The molecule has 1 aromatic carbocycles. The molecular weight excluding hydrogens is 593 g/mol. The van der Waals surface area contributed by atoms with Crippen LogP contribution < -0.4 is 10.5 Å². The second-order valence-corrected chi connectivity index (χ2v) is 11.9. The summed E-state index contributed by atoms with van der Waals surface area (Å²) in [6, 6.07) is 7.08. The number of phosphoric acid groups is 1. The van der Waals surface area contributed by atoms with Gasteiger partial charge in [0.15, 0.2) is 23.5 Å². The van der Waals surface area contributed by atoms with E-state index in [1.807, 2.05) is 13.0 Å². The number of ether oxygens (including phenoxy) is 4. The highest BCUT2D eigenvalue weighted by Crippen LogP contribution is 2.57. The van der Waals surface area contributed by atoms with Crippen molar-refractivity contribution in [2.24, 2.45) is 0 Å². The molecule has 0 aliphatic carbocycles. The first-order valence-electron chi connectivity index (χ1n) is 13.5. The molecule has 2 saturated heterocycles. The lowest BCUT2D eigenvalue weighted by molar-refractivity contribution is -0.167. The fourth-order valence-corrected chi connectivity index (χ4v) is 6.57. The van der Waals surface area contributed by atoms with Crippen LogP contribution in [-0.2, 0) is 37.1 Å². The lowest BCUT2D eigenvalue weighted by Gasteiger charge is -2.34. The number of rotatable bonds is 10. The number of aromatic nitrogens is 4. The average molecular weight is 626 g/mol. The topological polar surface area (TPSA) is 168 Å². The van der Waals surface area contributed by atoms with Crippen LogP contribution in [0.4, 0.5) is 5.95 Å². The summed E-state index contributed by atoms with van der Waals surface area (Å²) in [6.07, 6.45) is -1.40. The number of anilines is 1. The predicted octanol–water partition coefficient (Wildman–Crippen LogP) is 4.39. The number of hydrogen-bond donors (Lipinski definition) is 1. The van der Waals surface area contributed by atoms with E-state index < -0.39 is 43.9 Å². The quantitative estimate of drug-likeness (QED) is 0.249. The summed E-state index contributed by atoms with van der Waals surface area (Å²) in [5, 5.41) is 0.524. The number of fused-ring (bicyclic) bond motifs is 1. The van der Waals surface area contributed by atoms with Gasteiger partial charge in [0.2, 0.25) is 11.8 Å². The van der Waals surface area contributed by atoms with E-state index in [0.29, 0.717) is 29.2 Å². The zero-order chi connectivity index (χ0) is 30.1. The molecule has 0 bridgehead atoms. The van der Waals surface area contributed by atoms with E-state index in [2.05, 4.69) is 15.0 Å². The van der Waals surface area contributed by atoms with Gasteiger partial charge in [-0.05, 0) is 31.5 Å². The minimum absolute atomic E-state index is 0.0300. The van der Waals surface area contributed by atoms with E-state index in [0.717, 1.165) is 5.56 Å². The highest BCUT2D eigenvalue weighted by Gasteiger charge is 2.58. The fourth-order valence-electron chi connectivity index (χ4n) is 4.98. The molecule has 42 heavy (non-hydrogen) atoms. The fraction of sp³-hybridized carbons (Fsp3) is 0.538. The van der Waals surface area contributed by atoms with Crippen LogP contribution in [0.15, 0.2) is 30.6 Å². The molecule has 0 unspecified atom stereocenters. The highest BCUT2D eigenvalue weighted by molar-refractivity contribution is 7.48. The number of phosphoric ester groups is 1. The minimum Gasteiger partial charge on any atom is -0.476 e. The van der Waals surface area contributed by atoms with Gasteiger partial charge in [0.1, 0.15) is 11.7 Å². The number of esters is 1. The van der Waals surface area contributed by atoms with Crippen LogP contribution in [0.5, 0.6) is 5.88 Å². The molecule has 0 spiro atoms. The van der Waals surface area contributed by atoms with Crippen molar-refractivity contribution < 1.29 is 41.9 Å². The molecule has 2 N–H and O–H groups in total. The van der Waals surface area contributed by atoms with Gasteiger partial charge < -0.3 is 24.7 Å². The monoisotopic (exact) mass is 625 g/mol. The first-order chi connectivity index (χ1) is 20.1. The Morgan fingerprint density at radius 1 is 1.31 bits per heavy atom. The van der Waals surface area contributed by atoms with Crippen molar-refractivity contribution in [3.63, 3.8) is 0 Å². The van der Waals surface area contributed by atoms with Gasteiger partial charge in [-0.1, -0.05) is 30.7 Å². The number of nitrogen functional groups attached to an aromatic ring is 1. The van der Waals surface area contributed by atoms with E-state index in [9.17, 15) is 9.36 Å². The van der Waals surface area contributed by atoms with Crippen molar-refractivity contribution in [3.05, 3.63) is 41.2 Å². The third-order valence-electron chi connectivity index (χ3n) is 7.13. The Morgan fingerprint density at radius 2 is 2.12 bits per heavy atom. The van der Waals surface area contributed by atoms with E-state index in [1.165, 1.54) is 13.4 Å². The van der Waals surface area contributed by atoms with Gasteiger partial charge in [-0.2, -0.15) is 9.97 Å². The molecule has 0 amide bonds. The molecule has 16 heteroatoms. The molecular formula is C26H33ClN5O9P. The number of hydrogen-bond acceptors (Lipinski definition) is 13. The van der Waals surface area contributed by atoms with E-state index in [4.69, 9.17) is 49.9 Å². The van der Waals surface area contributed by atoms with Crippen LogP contribution in [0, 0.1) is 0 Å². The van der Waals surface area contributed by atoms with Crippen molar-refractivity contribution >= 4 is 42.5 Å². The Kier molecular flexibility index (Phi) is 9.05. The summed E-state index contributed by atoms with van der Waals surface area (Å²) in [4.78, 5) is 25.4. The van der Waals surface area contributed by atoms with Gasteiger partial charge in [-0.25, -0.2) is 9.55 Å². The number of nitrogens with zero attached hydrogens (tertiary/aromatic N) is 4. The maximum absolute atomic E-state index is 13.5. The van der Waals surface area contributed by atoms with Crippen LogP contribution in [-0.4, -0.2) is 70.2 Å². The minimum atomic E-state index is -4.04. The number of carbonyl (C=O) groups is 1. The number of methoxy groups -OCH3 is 1. The maximum atomic E-state index is 13.5. The molecule has 2 fully saturated rings. The molecule has 5 rings (SSSR count). The second-order valence-electron chi connectivity index (χ2n) is 9.84. The Labute approximate surface area is 247 Å². The SMILES string of the molecule is CCOc1nc(N)nc2c1ncn2[C@@H]1O[C@H](CO[P@@]2(=O)OCC[C@@H](c3cccc(Cl)c3)O2)[C@@H](OC(=O)CC)[C@@]1(C)OC. The number of carbonyl (C=O) groups excluding carboxylic acids is 1. The molecule has 3 aromatic rings. The van der Waals surface area contributed by atoms with Gasteiger partial charge in [0.05, 0.1) is 32.3 Å². The highest BCUT2D eigenvalue weighted by atomic mass is 35.5.